The molecule has 1 unspecified atom stereocenters. The van der Waals surface area contributed by atoms with Crippen LogP contribution < -0.4 is 5.73 Å². The molecule has 0 bridgehead atoms. The second-order valence-corrected chi connectivity index (χ2v) is 2.70. The minimum Gasteiger partial charge on any atom is -0.359 e. The third-order valence-electron chi connectivity index (χ3n) is 1.63. The molecule has 0 spiro atoms. The van der Waals surface area contributed by atoms with Gasteiger partial charge >= 0.3 is 0 Å². The number of benzene rings is 1. The van der Waals surface area contributed by atoms with Gasteiger partial charge in [-0.25, -0.2) is 0 Å². The number of ether oxygens (including phenoxy) is 1. The van der Waals surface area contributed by atoms with E-state index in [9.17, 15) is 0 Å². The molecular formula is C10H15NO. The smallest absolute Gasteiger partial charge is 0.131 e. The highest BCUT2D eigenvalue weighted by atomic mass is 16.5. The molecule has 1 aromatic rings. The van der Waals surface area contributed by atoms with E-state index in [0.29, 0.717) is 0 Å². The fourth-order valence-electron chi connectivity index (χ4n) is 0.984. The molecule has 2 N–H and O–H groups in total. The number of hydrogen-bond donors (Lipinski definition) is 1. The molecule has 0 heterocycles. The monoisotopic (exact) mass is 165 g/mol. The van der Waals surface area contributed by atoms with Crippen molar-refractivity contribution in [3.63, 3.8) is 0 Å². The summed E-state index contributed by atoms with van der Waals surface area (Å²) in [5.41, 5.74) is 6.79. The van der Waals surface area contributed by atoms with Crippen LogP contribution in [0.1, 0.15) is 25.1 Å². The van der Waals surface area contributed by atoms with Crippen LogP contribution in [0.15, 0.2) is 30.3 Å². The summed E-state index contributed by atoms with van der Waals surface area (Å²) >= 11 is 0. The Morgan fingerprint density at radius 2 is 2.00 bits per heavy atom. The second kappa shape index (κ2) is 4.91. The van der Waals surface area contributed by atoms with E-state index in [1.165, 1.54) is 0 Å². The first-order chi connectivity index (χ1) is 5.84. The van der Waals surface area contributed by atoms with E-state index < -0.39 is 0 Å². The summed E-state index contributed by atoms with van der Waals surface area (Å²) in [6, 6.07) is 9.84. The van der Waals surface area contributed by atoms with Crippen LogP contribution in [0.3, 0.4) is 0 Å². The Balaban J connectivity index is 2.48. The van der Waals surface area contributed by atoms with Crippen molar-refractivity contribution in [1.82, 2.24) is 0 Å². The van der Waals surface area contributed by atoms with Gasteiger partial charge in [-0.1, -0.05) is 37.3 Å². The molecule has 0 fully saturated rings. The standard InChI is InChI=1S/C10H15NO/c1-2-8-12-10(11)9-6-4-3-5-7-9/h3-7,10H,2,8,11H2,1H3. The minimum absolute atomic E-state index is 0.272. The fourth-order valence-corrected chi connectivity index (χ4v) is 0.984. The molecule has 2 nitrogen and oxygen atoms in total. The van der Waals surface area contributed by atoms with Gasteiger partial charge in [-0.3, -0.25) is 0 Å². The molecule has 2 heteroatoms. The molecule has 66 valence electrons. The highest BCUT2D eigenvalue weighted by Gasteiger charge is 2.02. The highest BCUT2D eigenvalue weighted by molar-refractivity contribution is 5.16. The average Bonchev–Trinajstić information content (AvgIpc) is 2.15. The van der Waals surface area contributed by atoms with Crippen LogP contribution in [0.5, 0.6) is 0 Å². The zero-order chi connectivity index (χ0) is 8.81. The molecule has 1 aromatic carbocycles. The van der Waals surface area contributed by atoms with Gasteiger partial charge in [-0.05, 0) is 12.0 Å². The molecule has 0 aliphatic rings. The Labute approximate surface area is 73.3 Å². The van der Waals surface area contributed by atoms with E-state index in [2.05, 4.69) is 6.92 Å². The van der Waals surface area contributed by atoms with Crippen molar-refractivity contribution in [1.29, 1.82) is 0 Å². The van der Waals surface area contributed by atoms with Gasteiger partial charge in [-0.2, -0.15) is 0 Å². The number of rotatable bonds is 4. The van der Waals surface area contributed by atoms with Gasteiger partial charge in [0.1, 0.15) is 6.23 Å². The van der Waals surface area contributed by atoms with Gasteiger partial charge in [0.15, 0.2) is 0 Å². The Morgan fingerprint density at radius 3 is 2.58 bits per heavy atom. The van der Waals surface area contributed by atoms with Gasteiger partial charge in [0.2, 0.25) is 0 Å². The lowest BCUT2D eigenvalue weighted by Gasteiger charge is -2.11. The molecule has 1 rings (SSSR count). The van der Waals surface area contributed by atoms with Crippen LogP contribution in [0.2, 0.25) is 0 Å². The summed E-state index contributed by atoms with van der Waals surface area (Å²) in [7, 11) is 0. The predicted molar refractivity (Wildman–Crippen MR) is 49.6 cm³/mol. The van der Waals surface area contributed by atoms with E-state index in [0.717, 1.165) is 18.6 Å². The summed E-state index contributed by atoms with van der Waals surface area (Å²) < 4.78 is 5.35. The molecular weight excluding hydrogens is 150 g/mol. The SMILES string of the molecule is CCCOC(N)c1ccccc1. The van der Waals surface area contributed by atoms with E-state index in [4.69, 9.17) is 10.5 Å². The molecule has 0 radical (unpaired) electrons. The van der Waals surface area contributed by atoms with Gasteiger partial charge in [-0.15, -0.1) is 0 Å². The van der Waals surface area contributed by atoms with Crippen molar-refractivity contribution in [2.45, 2.75) is 19.6 Å². The Bertz CT molecular complexity index is 210. The molecule has 0 aliphatic carbocycles. The highest BCUT2D eigenvalue weighted by Crippen LogP contribution is 2.10. The van der Waals surface area contributed by atoms with Gasteiger partial charge in [0.05, 0.1) is 0 Å². The van der Waals surface area contributed by atoms with Gasteiger partial charge in [0.25, 0.3) is 0 Å². The predicted octanol–water partition coefficient (Wildman–Crippen LogP) is 2.07. The van der Waals surface area contributed by atoms with Crippen molar-refractivity contribution in [3.8, 4) is 0 Å². The summed E-state index contributed by atoms with van der Waals surface area (Å²) in [4.78, 5) is 0. The lowest BCUT2D eigenvalue weighted by molar-refractivity contribution is 0.0577. The van der Waals surface area contributed by atoms with Gasteiger partial charge in [0, 0.05) is 6.61 Å². The van der Waals surface area contributed by atoms with E-state index in [1.54, 1.807) is 0 Å². The van der Waals surface area contributed by atoms with Gasteiger partial charge < -0.3 is 10.5 Å². The van der Waals surface area contributed by atoms with Crippen LogP contribution in [-0.2, 0) is 4.74 Å². The summed E-state index contributed by atoms with van der Waals surface area (Å²) in [6.45, 7) is 2.79. The van der Waals surface area contributed by atoms with Crippen molar-refractivity contribution < 1.29 is 4.74 Å². The van der Waals surface area contributed by atoms with Crippen LogP contribution >= 0.6 is 0 Å². The van der Waals surface area contributed by atoms with E-state index >= 15 is 0 Å². The molecule has 0 saturated carbocycles. The zero-order valence-corrected chi connectivity index (χ0v) is 7.36. The number of nitrogens with two attached hydrogens (primary N) is 1. The lowest BCUT2D eigenvalue weighted by atomic mass is 10.2. The zero-order valence-electron chi connectivity index (χ0n) is 7.36. The van der Waals surface area contributed by atoms with E-state index in [1.807, 2.05) is 30.3 Å². The van der Waals surface area contributed by atoms with Crippen molar-refractivity contribution in [2.75, 3.05) is 6.61 Å². The van der Waals surface area contributed by atoms with E-state index in [-0.39, 0.29) is 6.23 Å². The molecule has 0 saturated heterocycles. The third kappa shape index (κ3) is 2.64. The summed E-state index contributed by atoms with van der Waals surface area (Å²) in [5, 5.41) is 0. The fraction of sp³-hybridized carbons (Fsp3) is 0.400. The van der Waals surface area contributed by atoms with Crippen molar-refractivity contribution in [2.24, 2.45) is 5.73 Å². The van der Waals surface area contributed by atoms with Crippen LogP contribution in [0.4, 0.5) is 0 Å². The van der Waals surface area contributed by atoms with Crippen LogP contribution in [-0.4, -0.2) is 6.61 Å². The summed E-state index contributed by atoms with van der Waals surface area (Å²) in [5.74, 6) is 0. The lowest BCUT2D eigenvalue weighted by Crippen LogP contribution is -2.14. The molecule has 12 heavy (non-hydrogen) atoms. The summed E-state index contributed by atoms with van der Waals surface area (Å²) in [6.07, 6.45) is 0.728. The molecule has 1 atom stereocenters. The average molecular weight is 165 g/mol. The first-order valence-electron chi connectivity index (χ1n) is 4.26. The maximum atomic E-state index is 5.76. The first kappa shape index (κ1) is 9.23. The number of hydrogen-bond acceptors (Lipinski definition) is 2. The first-order valence-corrected chi connectivity index (χ1v) is 4.26. The normalized spacial score (nSPS) is 12.8. The Morgan fingerprint density at radius 1 is 1.33 bits per heavy atom. The topological polar surface area (TPSA) is 35.2 Å². The maximum absolute atomic E-state index is 5.76. The third-order valence-corrected chi connectivity index (χ3v) is 1.63. The van der Waals surface area contributed by atoms with Crippen molar-refractivity contribution in [3.05, 3.63) is 35.9 Å². The van der Waals surface area contributed by atoms with Crippen molar-refractivity contribution >= 4 is 0 Å². The van der Waals surface area contributed by atoms with Crippen LogP contribution in [0, 0.1) is 0 Å². The quantitative estimate of drug-likeness (QED) is 0.693. The Kier molecular flexibility index (Phi) is 3.77. The maximum Gasteiger partial charge on any atom is 0.131 e. The minimum atomic E-state index is -0.272. The Hall–Kier alpha value is -0.860. The van der Waals surface area contributed by atoms with Crippen LogP contribution in [0.25, 0.3) is 0 Å². The molecule has 0 aromatic heterocycles. The molecule has 0 amide bonds. The molecule has 0 aliphatic heterocycles. The second-order valence-electron chi connectivity index (χ2n) is 2.70. The largest absolute Gasteiger partial charge is 0.359 e.